The highest BCUT2D eigenvalue weighted by atomic mass is 19.1. The third-order valence-electron chi connectivity index (χ3n) is 5.51. The number of rotatable bonds is 9. The third kappa shape index (κ3) is 6.63. The summed E-state index contributed by atoms with van der Waals surface area (Å²) < 4.78 is 20.2. The molecular weight excluding hydrogens is 445 g/mol. The highest BCUT2D eigenvalue weighted by Gasteiger charge is 2.11. The van der Waals surface area contributed by atoms with E-state index >= 15 is 0 Å². The van der Waals surface area contributed by atoms with Crippen LogP contribution in [0.5, 0.6) is 5.88 Å². The molecule has 178 valence electrons. The summed E-state index contributed by atoms with van der Waals surface area (Å²) >= 11 is 0. The molecule has 0 saturated heterocycles. The Morgan fingerprint density at radius 1 is 0.971 bits per heavy atom. The topological polar surface area (TPSA) is 73.2 Å². The van der Waals surface area contributed by atoms with Gasteiger partial charge >= 0.3 is 0 Å². The van der Waals surface area contributed by atoms with Gasteiger partial charge in [-0.15, -0.1) is 5.10 Å². The van der Waals surface area contributed by atoms with E-state index in [4.69, 9.17) is 4.74 Å². The smallest absolute Gasteiger partial charge is 0.271 e. The number of carbonyl (C=O) groups is 1. The van der Waals surface area contributed by atoms with Gasteiger partial charge in [-0.1, -0.05) is 42.5 Å². The molecule has 35 heavy (non-hydrogen) atoms. The summed E-state index contributed by atoms with van der Waals surface area (Å²) in [6.07, 6.45) is 1.71. The lowest BCUT2D eigenvalue weighted by Crippen LogP contribution is -2.32. The molecule has 3 aromatic carbocycles. The minimum absolute atomic E-state index is 0.0126. The summed E-state index contributed by atoms with van der Waals surface area (Å²) in [5.41, 5.74) is 2.54. The Hall–Kier alpha value is -4.26. The fourth-order valence-corrected chi connectivity index (χ4v) is 3.60. The monoisotopic (exact) mass is 471 g/mol. The zero-order valence-electron chi connectivity index (χ0n) is 19.4. The Kier molecular flexibility index (Phi) is 7.67. The van der Waals surface area contributed by atoms with Crippen LogP contribution in [-0.2, 0) is 13.0 Å². The molecule has 7 heteroatoms. The molecule has 0 fully saturated rings. The lowest BCUT2D eigenvalue weighted by molar-refractivity contribution is 0.0938. The quantitative estimate of drug-likeness (QED) is 0.384. The van der Waals surface area contributed by atoms with Crippen LogP contribution in [0.3, 0.4) is 0 Å². The Bertz CT molecular complexity index is 1340. The molecular formula is C28H26FN3O3. The summed E-state index contributed by atoms with van der Waals surface area (Å²) in [4.78, 5) is 25.0. The second-order valence-electron chi connectivity index (χ2n) is 8.29. The lowest BCUT2D eigenvalue weighted by atomic mass is 10.1. The van der Waals surface area contributed by atoms with Crippen molar-refractivity contribution < 1.29 is 13.9 Å². The molecule has 0 aliphatic heterocycles. The summed E-state index contributed by atoms with van der Waals surface area (Å²) in [7, 11) is 0. The summed E-state index contributed by atoms with van der Waals surface area (Å²) in [5.74, 6) is -0.300. The average Bonchev–Trinajstić information content (AvgIpc) is 2.88. The molecule has 0 radical (unpaired) electrons. The predicted octanol–water partition coefficient (Wildman–Crippen LogP) is 4.70. The van der Waals surface area contributed by atoms with Crippen LogP contribution in [0.4, 0.5) is 4.39 Å². The maximum atomic E-state index is 13.4. The zero-order valence-corrected chi connectivity index (χ0v) is 19.4. The molecule has 0 spiro atoms. The second kappa shape index (κ2) is 11.2. The molecule has 1 atom stereocenters. The number of hydrogen-bond donors (Lipinski definition) is 1. The van der Waals surface area contributed by atoms with Gasteiger partial charge in [-0.2, -0.15) is 4.68 Å². The number of halogens is 1. The first-order chi connectivity index (χ1) is 17.0. The first-order valence-corrected chi connectivity index (χ1v) is 11.4. The van der Waals surface area contributed by atoms with E-state index in [1.165, 1.54) is 34.5 Å². The first-order valence-electron chi connectivity index (χ1n) is 11.4. The van der Waals surface area contributed by atoms with E-state index in [2.05, 4.69) is 22.5 Å². The number of benzene rings is 3. The number of aromatic nitrogens is 2. The van der Waals surface area contributed by atoms with Crippen LogP contribution >= 0.6 is 0 Å². The van der Waals surface area contributed by atoms with Gasteiger partial charge in [0.1, 0.15) is 12.4 Å². The van der Waals surface area contributed by atoms with Crippen molar-refractivity contribution in [1.29, 1.82) is 0 Å². The summed E-state index contributed by atoms with van der Waals surface area (Å²) in [5, 5.41) is 7.26. The molecule has 0 bridgehead atoms. The van der Waals surface area contributed by atoms with Crippen LogP contribution in [0.25, 0.3) is 5.69 Å². The highest BCUT2D eigenvalue weighted by Crippen LogP contribution is 2.13. The Morgan fingerprint density at radius 2 is 1.71 bits per heavy atom. The largest absolute Gasteiger partial charge is 0.472 e. The molecule has 0 aliphatic carbocycles. The van der Waals surface area contributed by atoms with Crippen molar-refractivity contribution in [3.05, 3.63) is 124 Å². The molecule has 0 saturated carbocycles. The zero-order chi connectivity index (χ0) is 24.6. The van der Waals surface area contributed by atoms with Crippen molar-refractivity contribution in [2.24, 2.45) is 0 Å². The fourth-order valence-electron chi connectivity index (χ4n) is 3.60. The Balaban J connectivity index is 1.38. The number of aryl methyl sites for hydroxylation is 1. The van der Waals surface area contributed by atoms with Gasteiger partial charge in [0, 0.05) is 23.7 Å². The first kappa shape index (κ1) is 23.9. The summed E-state index contributed by atoms with van der Waals surface area (Å²) in [6, 6.07) is 25.7. The van der Waals surface area contributed by atoms with Gasteiger partial charge in [0.15, 0.2) is 0 Å². The van der Waals surface area contributed by atoms with Crippen molar-refractivity contribution in [3.63, 3.8) is 0 Å². The third-order valence-corrected chi connectivity index (χ3v) is 5.51. The minimum Gasteiger partial charge on any atom is -0.472 e. The van der Waals surface area contributed by atoms with Gasteiger partial charge in [0.2, 0.25) is 5.88 Å². The average molecular weight is 472 g/mol. The molecule has 4 rings (SSSR count). The van der Waals surface area contributed by atoms with Crippen LogP contribution in [0, 0.1) is 5.82 Å². The number of ether oxygens (including phenoxy) is 1. The highest BCUT2D eigenvalue weighted by molar-refractivity contribution is 5.94. The van der Waals surface area contributed by atoms with Crippen LogP contribution < -0.4 is 15.6 Å². The number of nitrogens with zero attached hydrogens (tertiary/aromatic N) is 2. The van der Waals surface area contributed by atoms with Crippen molar-refractivity contribution in [2.45, 2.75) is 32.4 Å². The van der Waals surface area contributed by atoms with Crippen LogP contribution in [0.2, 0.25) is 0 Å². The second-order valence-corrected chi connectivity index (χ2v) is 8.29. The maximum absolute atomic E-state index is 13.4. The van der Waals surface area contributed by atoms with Crippen molar-refractivity contribution in [1.82, 2.24) is 15.1 Å². The maximum Gasteiger partial charge on any atom is 0.271 e. The SMILES string of the molecule is CC(CCc1ccccc1)NC(=O)c1ccc(-n2nc(OCc3cccc(F)c3)ccc2=O)cc1. The Morgan fingerprint density at radius 3 is 2.46 bits per heavy atom. The van der Waals surface area contributed by atoms with E-state index in [9.17, 15) is 14.0 Å². The molecule has 1 unspecified atom stereocenters. The molecule has 1 amide bonds. The van der Waals surface area contributed by atoms with Crippen LogP contribution in [0.15, 0.2) is 95.8 Å². The number of amides is 1. The van der Waals surface area contributed by atoms with Crippen molar-refractivity contribution in [2.75, 3.05) is 0 Å². The van der Waals surface area contributed by atoms with E-state index in [0.717, 1.165) is 12.8 Å². The standard InChI is InChI=1S/C28H26FN3O3/c1-20(10-11-21-6-3-2-4-7-21)30-28(34)23-12-14-25(15-13-23)32-27(33)17-16-26(31-32)35-19-22-8-5-9-24(29)18-22/h2-9,12-18,20H,10-11,19H2,1H3,(H,30,34). The molecule has 0 aliphatic rings. The molecule has 1 aromatic heterocycles. The molecule has 1 N–H and O–H groups in total. The van der Waals surface area contributed by atoms with Crippen molar-refractivity contribution >= 4 is 5.91 Å². The number of hydrogen-bond acceptors (Lipinski definition) is 4. The minimum atomic E-state index is -0.348. The van der Waals surface area contributed by atoms with Gasteiger partial charge < -0.3 is 10.1 Å². The fraction of sp³-hybridized carbons (Fsp3) is 0.179. The molecule has 4 aromatic rings. The van der Waals surface area contributed by atoms with E-state index in [-0.39, 0.29) is 35.8 Å². The van der Waals surface area contributed by atoms with Crippen LogP contribution in [-0.4, -0.2) is 21.7 Å². The van der Waals surface area contributed by atoms with Gasteiger partial charge in [0.25, 0.3) is 11.5 Å². The van der Waals surface area contributed by atoms with Gasteiger partial charge in [-0.3, -0.25) is 9.59 Å². The van der Waals surface area contributed by atoms with Crippen LogP contribution in [0.1, 0.15) is 34.8 Å². The van der Waals surface area contributed by atoms with Gasteiger partial charge in [-0.05, 0) is 67.3 Å². The van der Waals surface area contributed by atoms with Gasteiger partial charge in [0.05, 0.1) is 5.69 Å². The molecule has 1 heterocycles. The number of carbonyl (C=O) groups excluding carboxylic acids is 1. The normalized spacial score (nSPS) is 11.6. The molecule has 6 nitrogen and oxygen atoms in total. The number of nitrogens with one attached hydrogen (secondary N) is 1. The van der Waals surface area contributed by atoms with E-state index in [0.29, 0.717) is 16.8 Å². The van der Waals surface area contributed by atoms with E-state index < -0.39 is 0 Å². The van der Waals surface area contributed by atoms with E-state index in [1.54, 1.807) is 36.4 Å². The van der Waals surface area contributed by atoms with E-state index in [1.807, 2.05) is 25.1 Å². The lowest BCUT2D eigenvalue weighted by Gasteiger charge is -2.14. The van der Waals surface area contributed by atoms with Crippen molar-refractivity contribution in [3.8, 4) is 11.6 Å². The van der Waals surface area contributed by atoms with Gasteiger partial charge in [-0.25, -0.2) is 4.39 Å². The summed E-state index contributed by atoms with van der Waals surface area (Å²) in [6.45, 7) is 2.10. The predicted molar refractivity (Wildman–Crippen MR) is 132 cm³/mol. The Labute approximate surface area is 203 Å².